The minimum Gasteiger partial charge on any atom is -0.368 e. The standard InChI is InChI=1S/C22H19FN4S/c23-19-11-15(7-8-17(19)16-12-26-21(25)27-13-16)18-5-1-2-6-20(18)28-22(14-24)9-3-4-10-22/h1-2,5-8,11-13H,3-4,9-10H2,(H2,25,26,27). The van der Waals surface area contributed by atoms with Crippen LogP contribution in [0.25, 0.3) is 22.3 Å². The Morgan fingerprint density at radius 3 is 2.39 bits per heavy atom. The van der Waals surface area contributed by atoms with Crippen LogP contribution in [0, 0.1) is 17.1 Å². The third-order valence-electron chi connectivity index (χ3n) is 5.07. The van der Waals surface area contributed by atoms with Gasteiger partial charge in [-0.2, -0.15) is 5.26 Å². The molecule has 0 aliphatic heterocycles. The topological polar surface area (TPSA) is 75.6 Å². The van der Waals surface area contributed by atoms with Crippen LogP contribution in [-0.4, -0.2) is 14.7 Å². The van der Waals surface area contributed by atoms with Gasteiger partial charge in [-0.15, -0.1) is 11.8 Å². The van der Waals surface area contributed by atoms with Crippen molar-refractivity contribution in [3.63, 3.8) is 0 Å². The lowest BCUT2D eigenvalue weighted by Gasteiger charge is -2.21. The van der Waals surface area contributed by atoms with Gasteiger partial charge in [0.25, 0.3) is 0 Å². The lowest BCUT2D eigenvalue weighted by Crippen LogP contribution is -2.16. The second-order valence-electron chi connectivity index (χ2n) is 6.94. The number of hydrogen-bond acceptors (Lipinski definition) is 5. The highest BCUT2D eigenvalue weighted by molar-refractivity contribution is 8.01. The van der Waals surface area contributed by atoms with Gasteiger partial charge < -0.3 is 5.73 Å². The normalized spacial score (nSPS) is 15.3. The number of nitrogens with two attached hydrogens (primary N) is 1. The van der Waals surface area contributed by atoms with Crippen molar-refractivity contribution in [2.24, 2.45) is 0 Å². The van der Waals surface area contributed by atoms with E-state index in [-0.39, 0.29) is 16.5 Å². The first kappa shape index (κ1) is 18.5. The van der Waals surface area contributed by atoms with Crippen molar-refractivity contribution >= 4 is 17.7 Å². The molecule has 1 aliphatic carbocycles. The summed E-state index contributed by atoms with van der Waals surface area (Å²) in [6.07, 6.45) is 6.98. The fourth-order valence-corrected chi connectivity index (χ4v) is 4.98. The monoisotopic (exact) mass is 390 g/mol. The Labute approximate surface area is 167 Å². The molecular weight excluding hydrogens is 371 g/mol. The molecule has 1 aromatic heterocycles. The molecule has 0 bridgehead atoms. The van der Waals surface area contributed by atoms with E-state index in [0.29, 0.717) is 11.1 Å². The third-order valence-corrected chi connectivity index (χ3v) is 6.54. The molecule has 4 nitrogen and oxygen atoms in total. The molecule has 0 spiro atoms. The van der Waals surface area contributed by atoms with E-state index in [1.807, 2.05) is 30.3 Å². The Morgan fingerprint density at radius 2 is 1.71 bits per heavy atom. The van der Waals surface area contributed by atoms with Gasteiger partial charge in [0.15, 0.2) is 0 Å². The molecule has 0 amide bonds. The molecule has 0 unspecified atom stereocenters. The number of rotatable bonds is 4. The number of hydrogen-bond donors (Lipinski definition) is 1. The van der Waals surface area contributed by atoms with Gasteiger partial charge in [0.1, 0.15) is 10.6 Å². The summed E-state index contributed by atoms with van der Waals surface area (Å²) in [6.45, 7) is 0. The van der Waals surface area contributed by atoms with Gasteiger partial charge in [0, 0.05) is 28.4 Å². The van der Waals surface area contributed by atoms with Crippen LogP contribution in [-0.2, 0) is 0 Å². The maximum Gasteiger partial charge on any atom is 0.219 e. The molecule has 2 N–H and O–H groups in total. The zero-order valence-corrected chi connectivity index (χ0v) is 16.0. The molecule has 2 aromatic carbocycles. The number of nitrogens with zero attached hydrogens (tertiary/aromatic N) is 3. The van der Waals surface area contributed by atoms with Crippen LogP contribution in [0.1, 0.15) is 25.7 Å². The van der Waals surface area contributed by atoms with E-state index in [4.69, 9.17) is 5.73 Å². The SMILES string of the molecule is N#CC1(Sc2ccccc2-c2ccc(-c3cnc(N)nc3)c(F)c2)CCCC1. The first-order valence-electron chi connectivity index (χ1n) is 9.17. The summed E-state index contributed by atoms with van der Waals surface area (Å²) < 4.78 is 14.5. The van der Waals surface area contributed by atoms with Crippen LogP contribution >= 0.6 is 11.8 Å². The van der Waals surface area contributed by atoms with Crippen molar-refractivity contribution in [2.75, 3.05) is 5.73 Å². The van der Waals surface area contributed by atoms with Crippen molar-refractivity contribution in [3.05, 3.63) is 60.7 Å². The van der Waals surface area contributed by atoms with Gasteiger partial charge in [-0.3, -0.25) is 0 Å². The smallest absolute Gasteiger partial charge is 0.219 e. The zero-order chi connectivity index (χ0) is 19.6. The lowest BCUT2D eigenvalue weighted by molar-refractivity contribution is 0.631. The molecular formula is C22H19FN4S. The highest BCUT2D eigenvalue weighted by atomic mass is 32.2. The van der Waals surface area contributed by atoms with Crippen LogP contribution in [0.4, 0.5) is 10.3 Å². The van der Waals surface area contributed by atoms with Crippen LogP contribution in [0.5, 0.6) is 0 Å². The van der Waals surface area contributed by atoms with E-state index in [2.05, 4.69) is 16.0 Å². The van der Waals surface area contributed by atoms with Gasteiger partial charge in [-0.05, 0) is 36.1 Å². The summed E-state index contributed by atoms with van der Waals surface area (Å²) in [4.78, 5) is 8.87. The van der Waals surface area contributed by atoms with Crippen molar-refractivity contribution in [1.29, 1.82) is 5.26 Å². The molecule has 0 saturated heterocycles. The minimum atomic E-state index is -0.379. The molecule has 4 rings (SSSR count). The van der Waals surface area contributed by atoms with Crippen LogP contribution in [0.2, 0.25) is 0 Å². The Bertz CT molecular complexity index is 1040. The minimum absolute atomic E-state index is 0.157. The predicted octanol–water partition coefficient (Wildman–Crippen LogP) is 5.46. The number of nitriles is 1. The van der Waals surface area contributed by atoms with E-state index in [1.165, 1.54) is 18.5 Å². The molecule has 1 fully saturated rings. The Balaban J connectivity index is 1.69. The molecule has 1 heterocycles. The van der Waals surface area contributed by atoms with Crippen LogP contribution in [0.3, 0.4) is 0 Å². The Kier molecular flexibility index (Phi) is 5.01. The molecule has 140 valence electrons. The highest BCUT2D eigenvalue weighted by Crippen LogP contribution is 2.47. The maximum absolute atomic E-state index is 14.9. The molecule has 0 atom stereocenters. The molecule has 1 aliphatic rings. The maximum atomic E-state index is 14.9. The van der Waals surface area contributed by atoms with Gasteiger partial charge in [0.05, 0.1) is 6.07 Å². The van der Waals surface area contributed by atoms with Crippen molar-refractivity contribution < 1.29 is 4.39 Å². The summed E-state index contributed by atoms with van der Waals surface area (Å²) in [7, 11) is 0. The first-order chi connectivity index (χ1) is 13.6. The van der Waals surface area contributed by atoms with Gasteiger partial charge in [0.2, 0.25) is 5.95 Å². The average Bonchev–Trinajstić information content (AvgIpc) is 3.18. The van der Waals surface area contributed by atoms with Gasteiger partial charge >= 0.3 is 0 Å². The van der Waals surface area contributed by atoms with Crippen LogP contribution < -0.4 is 5.73 Å². The number of anilines is 1. The molecule has 28 heavy (non-hydrogen) atoms. The van der Waals surface area contributed by atoms with Crippen LogP contribution in [0.15, 0.2) is 59.8 Å². The van der Waals surface area contributed by atoms with E-state index in [9.17, 15) is 9.65 Å². The van der Waals surface area contributed by atoms with Gasteiger partial charge in [-0.25, -0.2) is 14.4 Å². The summed E-state index contributed by atoms with van der Waals surface area (Å²) >= 11 is 1.61. The second kappa shape index (κ2) is 7.61. The lowest BCUT2D eigenvalue weighted by atomic mass is 10.0. The number of thioether (sulfide) groups is 1. The third kappa shape index (κ3) is 3.58. The summed E-state index contributed by atoms with van der Waals surface area (Å²) in [6, 6.07) is 15.6. The van der Waals surface area contributed by atoms with Gasteiger partial charge in [-0.1, -0.05) is 43.2 Å². The predicted molar refractivity (Wildman–Crippen MR) is 110 cm³/mol. The van der Waals surface area contributed by atoms with Crippen molar-refractivity contribution in [1.82, 2.24) is 9.97 Å². The fraction of sp³-hybridized carbons (Fsp3) is 0.227. The van der Waals surface area contributed by atoms with E-state index < -0.39 is 0 Å². The summed E-state index contributed by atoms with van der Waals surface area (Å²) in [5.41, 5.74) is 8.24. The number of nitrogen functional groups attached to an aromatic ring is 1. The molecule has 0 radical (unpaired) electrons. The number of halogens is 1. The second-order valence-corrected chi connectivity index (χ2v) is 8.36. The molecule has 6 heteroatoms. The highest BCUT2D eigenvalue weighted by Gasteiger charge is 2.35. The molecule has 1 saturated carbocycles. The summed E-state index contributed by atoms with van der Waals surface area (Å²) in [5, 5.41) is 9.71. The first-order valence-corrected chi connectivity index (χ1v) is 9.99. The average molecular weight is 390 g/mol. The zero-order valence-electron chi connectivity index (χ0n) is 15.2. The number of aromatic nitrogens is 2. The molecule has 3 aromatic rings. The number of benzene rings is 2. The van der Waals surface area contributed by atoms with E-state index >= 15 is 0 Å². The Morgan fingerprint density at radius 1 is 1.00 bits per heavy atom. The van der Waals surface area contributed by atoms with E-state index in [1.54, 1.807) is 17.8 Å². The van der Waals surface area contributed by atoms with E-state index in [0.717, 1.165) is 41.7 Å². The largest absolute Gasteiger partial charge is 0.368 e. The quantitative estimate of drug-likeness (QED) is 0.640. The fourth-order valence-electron chi connectivity index (χ4n) is 3.58. The van der Waals surface area contributed by atoms with Crippen molar-refractivity contribution in [2.45, 2.75) is 35.3 Å². The summed E-state index contributed by atoms with van der Waals surface area (Å²) in [5.74, 6) is -0.188. The van der Waals surface area contributed by atoms with Crippen molar-refractivity contribution in [3.8, 4) is 28.3 Å². The Hall–Kier alpha value is -2.91.